The first kappa shape index (κ1) is 16.5. The summed E-state index contributed by atoms with van der Waals surface area (Å²) >= 11 is 1.36. The maximum Gasteiger partial charge on any atom is 0.237 e. The van der Waals surface area contributed by atoms with Gasteiger partial charge in [0.25, 0.3) is 0 Å². The number of carbonyl (C=O) groups excluding carboxylic acids is 1. The van der Waals surface area contributed by atoms with Crippen molar-refractivity contribution in [1.82, 2.24) is 15.2 Å². The van der Waals surface area contributed by atoms with Gasteiger partial charge in [-0.15, -0.1) is 5.10 Å². The molecule has 1 amide bonds. The Morgan fingerprint density at radius 1 is 1.41 bits per heavy atom. The smallest absolute Gasteiger partial charge is 0.237 e. The number of carbonyl (C=O) groups is 1. The van der Waals surface area contributed by atoms with Gasteiger partial charge in [-0.1, -0.05) is 37.7 Å². The zero-order chi connectivity index (χ0) is 16.1. The van der Waals surface area contributed by atoms with Gasteiger partial charge in [-0.25, -0.2) is 4.98 Å². The van der Waals surface area contributed by atoms with E-state index in [1.165, 1.54) is 11.8 Å². The molecule has 1 N–H and O–H groups in total. The van der Waals surface area contributed by atoms with E-state index in [0.717, 1.165) is 17.1 Å². The summed E-state index contributed by atoms with van der Waals surface area (Å²) in [6.45, 7) is 8.76. The van der Waals surface area contributed by atoms with Crippen LogP contribution in [0.2, 0.25) is 0 Å². The van der Waals surface area contributed by atoms with Gasteiger partial charge in [-0.05, 0) is 31.5 Å². The molecule has 22 heavy (non-hydrogen) atoms. The Morgan fingerprint density at radius 2 is 2.18 bits per heavy atom. The zero-order valence-corrected chi connectivity index (χ0v) is 14.3. The topological polar surface area (TPSA) is 61.9 Å². The molecule has 118 valence electrons. The van der Waals surface area contributed by atoms with E-state index in [9.17, 15) is 4.79 Å². The molecule has 5 nitrogen and oxygen atoms in total. The summed E-state index contributed by atoms with van der Waals surface area (Å²) in [6, 6.07) is 7.98. The molecule has 1 heterocycles. The Bertz CT molecular complexity index is 639. The van der Waals surface area contributed by atoms with Crippen LogP contribution in [0, 0.1) is 6.92 Å². The number of aromatic nitrogens is 3. The maximum absolute atomic E-state index is 12.4. The van der Waals surface area contributed by atoms with E-state index < -0.39 is 0 Å². The molecule has 1 aromatic heterocycles. The molecule has 6 heteroatoms. The lowest BCUT2D eigenvalue weighted by atomic mass is 10.2. The highest BCUT2D eigenvalue weighted by atomic mass is 32.2. The van der Waals surface area contributed by atoms with Gasteiger partial charge >= 0.3 is 0 Å². The number of thioether (sulfide) groups is 1. The van der Waals surface area contributed by atoms with Gasteiger partial charge in [0, 0.05) is 18.2 Å². The van der Waals surface area contributed by atoms with Crippen LogP contribution in [0.3, 0.4) is 0 Å². The van der Waals surface area contributed by atoms with Gasteiger partial charge in [0.2, 0.25) is 11.1 Å². The Balaban J connectivity index is 2.00. The summed E-state index contributed by atoms with van der Waals surface area (Å²) in [6.07, 6.45) is 0. The first-order chi connectivity index (χ1) is 10.5. The van der Waals surface area contributed by atoms with Crippen LogP contribution in [0.5, 0.6) is 0 Å². The minimum atomic E-state index is 0.0639. The highest BCUT2D eigenvalue weighted by Crippen LogP contribution is 2.20. The summed E-state index contributed by atoms with van der Waals surface area (Å²) in [7, 11) is 0. The molecule has 0 unspecified atom stereocenters. The normalized spacial score (nSPS) is 11.0. The Morgan fingerprint density at radius 3 is 2.77 bits per heavy atom. The van der Waals surface area contributed by atoms with Crippen LogP contribution >= 0.6 is 11.8 Å². The predicted molar refractivity (Wildman–Crippen MR) is 90.4 cm³/mol. The molecule has 2 aromatic rings. The van der Waals surface area contributed by atoms with Crippen LogP contribution in [0.15, 0.2) is 29.4 Å². The third-order valence-electron chi connectivity index (χ3n) is 3.28. The van der Waals surface area contributed by atoms with Crippen molar-refractivity contribution in [3.63, 3.8) is 0 Å². The minimum Gasteiger partial charge on any atom is -0.312 e. The van der Waals surface area contributed by atoms with Crippen molar-refractivity contribution >= 4 is 23.4 Å². The highest BCUT2D eigenvalue weighted by molar-refractivity contribution is 7.99. The van der Waals surface area contributed by atoms with E-state index in [1.807, 2.05) is 38.1 Å². The van der Waals surface area contributed by atoms with Gasteiger partial charge in [0.05, 0.1) is 5.75 Å². The lowest BCUT2D eigenvalue weighted by Crippen LogP contribution is -2.32. The van der Waals surface area contributed by atoms with Crippen LogP contribution in [0.25, 0.3) is 0 Å². The fourth-order valence-electron chi connectivity index (χ4n) is 2.08. The molecule has 0 aliphatic carbocycles. The Kier molecular flexibility index (Phi) is 5.60. The third kappa shape index (κ3) is 4.10. The molecule has 0 aliphatic heterocycles. The number of anilines is 1. The molecule has 0 saturated heterocycles. The molecule has 0 aliphatic rings. The SMILES string of the molecule is CCN(C(=O)CSc1n[nH]c(C(C)C)n1)c1cccc(C)c1. The van der Waals surface area contributed by atoms with Crippen molar-refractivity contribution in [3.05, 3.63) is 35.7 Å². The lowest BCUT2D eigenvalue weighted by molar-refractivity contribution is -0.116. The molecule has 0 fully saturated rings. The fraction of sp³-hybridized carbons (Fsp3) is 0.438. The van der Waals surface area contributed by atoms with Crippen molar-refractivity contribution in [1.29, 1.82) is 0 Å². The number of aryl methyl sites for hydroxylation is 1. The average Bonchev–Trinajstić information content (AvgIpc) is 2.95. The van der Waals surface area contributed by atoms with E-state index in [4.69, 9.17) is 0 Å². The van der Waals surface area contributed by atoms with Gasteiger partial charge in [0.15, 0.2) is 0 Å². The van der Waals surface area contributed by atoms with Crippen LogP contribution in [0.4, 0.5) is 5.69 Å². The van der Waals surface area contributed by atoms with Crippen molar-refractivity contribution in [2.45, 2.75) is 38.8 Å². The Labute approximate surface area is 135 Å². The summed E-state index contributed by atoms with van der Waals surface area (Å²) in [5.74, 6) is 1.55. The fourth-order valence-corrected chi connectivity index (χ4v) is 2.77. The molecule has 0 spiro atoms. The van der Waals surface area contributed by atoms with Crippen molar-refractivity contribution in [2.75, 3.05) is 17.2 Å². The standard InChI is InChI=1S/C16H22N4OS/c1-5-20(13-8-6-7-12(4)9-13)14(21)10-22-16-17-15(11(2)3)18-19-16/h6-9,11H,5,10H2,1-4H3,(H,17,18,19). The molecule has 0 atom stereocenters. The highest BCUT2D eigenvalue weighted by Gasteiger charge is 2.16. The third-order valence-corrected chi connectivity index (χ3v) is 4.12. The minimum absolute atomic E-state index is 0.0639. The summed E-state index contributed by atoms with van der Waals surface area (Å²) in [5.41, 5.74) is 2.08. The number of benzene rings is 1. The number of amides is 1. The van der Waals surface area contributed by atoms with Crippen molar-refractivity contribution < 1.29 is 4.79 Å². The number of nitrogens with one attached hydrogen (secondary N) is 1. The quantitative estimate of drug-likeness (QED) is 0.829. The van der Waals surface area contributed by atoms with Crippen molar-refractivity contribution in [3.8, 4) is 0 Å². The number of rotatable bonds is 6. The molecule has 1 aromatic carbocycles. The van der Waals surface area contributed by atoms with Gasteiger partial charge in [-0.3, -0.25) is 9.89 Å². The van der Waals surface area contributed by atoms with E-state index in [-0.39, 0.29) is 5.91 Å². The van der Waals surface area contributed by atoms with E-state index >= 15 is 0 Å². The summed E-state index contributed by atoms with van der Waals surface area (Å²) < 4.78 is 0. The van der Waals surface area contributed by atoms with E-state index in [2.05, 4.69) is 29.0 Å². The summed E-state index contributed by atoms with van der Waals surface area (Å²) in [4.78, 5) is 18.6. The maximum atomic E-state index is 12.4. The summed E-state index contributed by atoms with van der Waals surface area (Å²) in [5, 5.41) is 7.66. The van der Waals surface area contributed by atoms with Crippen LogP contribution < -0.4 is 4.90 Å². The number of hydrogen-bond acceptors (Lipinski definition) is 4. The number of H-pyrrole nitrogens is 1. The van der Waals surface area contributed by atoms with Crippen LogP contribution in [-0.4, -0.2) is 33.4 Å². The van der Waals surface area contributed by atoms with Crippen molar-refractivity contribution in [2.24, 2.45) is 0 Å². The zero-order valence-electron chi connectivity index (χ0n) is 13.5. The second kappa shape index (κ2) is 7.45. The average molecular weight is 318 g/mol. The monoisotopic (exact) mass is 318 g/mol. The second-order valence-electron chi connectivity index (χ2n) is 5.42. The number of aromatic amines is 1. The van der Waals surface area contributed by atoms with E-state index in [1.54, 1.807) is 4.90 Å². The Hall–Kier alpha value is -1.82. The molecule has 0 saturated carbocycles. The van der Waals surface area contributed by atoms with E-state index in [0.29, 0.717) is 23.4 Å². The van der Waals surface area contributed by atoms with Crippen LogP contribution in [-0.2, 0) is 4.79 Å². The van der Waals surface area contributed by atoms with Gasteiger partial charge in [-0.2, -0.15) is 0 Å². The predicted octanol–water partition coefficient (Wildman–Crippen LogP) is 3.38. The molecular formula is C16H22N4OS. The first-order valence-electron chi connectivity index (χ1n) is 7.43. The van der Waals surface area contributed by atoms with Crippen LogP contribution in [0.1, 0.15) is 38.1 Å². The second-order valence-corrected chi connectivity index (χ2v) is 6.37. The lowest BCUT2D eigenvalue weighted by Gasteiger charge is -2.21. The number of nitrogens with zero attached hydrogens (tertiary/aromatic N) is 3. The first-order valence-corrected chi connectivity index (χ1v) is 8.42. The largest absolute Gasteiger partial charge is 0.312 e. The molecular weight excluding hydrogens is 296 g/mol. The number of hydrogen-bond donors (Lipinski definition) is 1. The van der Waals surface area contributed by atoms with Gasteiger partial charge in [0.1, 0.15) is 5.82 Å². The van der Waals surface area contributed by atoms with Gasteiger partial charge < -0.3 is 4.90 Å². The molecule has 0 radical (unpaired) electrons. The molecule has 2 rings (SSSR count). The molecule has 0 bridgehead atoms.